The number of aromatic hydroxyl groups is 2. The third-order valence-corrected chi connectivity index (χ3v) is 3.28. The van der Waals surface area contributed by atoms with Crippen LogP contribution < -0.4 is 5.56 Å². The van der Waals surface area contributed by atoms with E-state index < -0.39 is 5.56 Å². The second kappa shape index (κ2) is 3.80. The first-order chi connectivity index (χ1) is 9.45. The van der Waals surface area contributed by atoms with Crippen molar-refractivity contribution in [2.45, 2.75) is 6.92 Å². The van der Waals surface area contributed by atoms with Gasteiger partial charge in [0.05, 0.1) is 0 Å². The summed E-state index contributed by atoms with van der Waals surface area (Å²) in [5.74, 6) is -0.351. The summed E-state index contributed by atoms with van der Waals surface area (Å²) in [6.45, 7) is 1.69. The summed E-state index contributed by atoms with van der Waals surface area (Å²) >= 11 is 0. The van der Waals surface area contributed by atoms with Gasteiger partial charge in [0.25, 0.3) is 5.56 Å². The van der Waals surface area contributed by atoms with Crippen LogP contribution in [0.2, 0.25) is 0 Å². The van der Waals surface area contributed by atoms with Gasteiger partial charge in [-0.1, -0.05) is 0 Å². The van der Waals surface area contributed by atoms with Crippen LogP contribution in [0.1, 0.15) is 16.4 Å². The van der Waals surface area contributed by atoms with Gasteiger partial charge in [-0.15, -0.1) is 0 Å². The highest BCUT2D eigenvalue weighted by Crippen LogP contribution is 2.38. The van der Waals surface area contributed by atoms with Gasteiger partial charge in [0, 0.05) is 7.05 Å². The first kappa shape index (κ1) is 12.2. The van der Waals surface area contributed by atoms with Gasteiger partial charge < -0.3 is 19.8 Å². The lowest BCUT2D eigenvalue weighted by molar-refractivity contribution is 0.111. The van der Waals surface area contributed by atoms with Crippen molar-refractivity contribution < 1.29 is 15.0 Å². The molecule has 8 heteroatoms. The second-order valence-corrected chi connectivity index (χ2v) is 4.41. The lowest BCUT2D eigenvalue weighted by Crippen LogP contribution is -2.12. The lowest BCUT2D eigenvalue weighted by atomic mass is 10.1. The van der Waals surface area contributed by atoms with Crippen LogP contribution in [0, 0.1) is 6.92 Å². The van der Waals surface area contributed by atoms with Crippen LogP contribution in [0.25, 0.3) is 21.9 Å². The molecule has 20 heavy (non-hydrogen) atoms. The fraction of sp³-hybridized carbons (Fsp3) is 0.167. The number of aromatic nitrogens is 4. The summed E-state index contributed by atoms with van der Waals surface area (Å²) in [6.07, 6.45) is 0.357. The number of aromatic amines is 1. The van der Waals surface area contributed by atoms with Gasteiger partial charge in [-0.2, -0.15) is 0 Å². The number of nitrogens with zero attached hydrogens (tertiary/aromatic N) is 3. The van der Waals surface area contributed by atoms with Crippen LogP contribution in [0.3, 0.4) is 0 Å². The molecule has 0 unspecified atom stereocenters. The predicted octanol–water partition coefficient (Wildman–Crippen LogP) is 0.342. The van der Waals surface area contributed by atoms with Crippen LogP contribution in [-0.2, 0) is 7.05 Å². The Morgan fingerprint density at radius 1 is 1.20 bits per heavy atom. The van der Waals surface area contributed by atoms with Gasteiger partial charge in [0.1, 0.15) is 27.8 Å². The van der Waals surface area contributed by atoms with Gasteiger partial charge >= 0.3 is 0 Å². The average Bonchev–Trinajstić information content (AvgIpc) is 2.72. The maximum absolute atomic E-state index is 11.9. The third kappa shape index (κ3) is 1.35. The minimum Gasteiger partial charge on any atom is -0.505 e. The molecule has 3 rings (SSSR count). The number of carbonyl (C=O) groups is 1. The molecule has 0 fully saturated rings. The van der Waals surface area contributed by atoms with Gasteiger partial charge in [-0.25, -0.2) is 9.97 Å². The SMILES string of the molecule is Cc1nc2c(O)c3c(=O)[nH]c(C=O)nc3c(O)c2n1C. The molecule has 0 amide bonds. The Hall–Kier alpha value is -2.90. The number of carbonyl (C=O) groups excluding carboxylic acids is 1. The van der Waals surface area contributed by atoms with E-state index in [-0.39, 0.29) is 39.3 Å². The molecule has 1 aromatic carbocycles. The number of benzene rings is 1. The number of phenols is 2. The van der Waals surface area contributed by atoms with Crippen molar-refractivity contribution in [2.24, 2.45) is 7.05 Å². The minimum atomic E-state index is -0.713. The monoisotopic (exact) mass is 274 g/mol. The third-order valence-electron chi connectivity index (χ3n) is 3.28. The van der Waals surface area contributed by atoms with E-state index in [1.54, 1.807) is 18.5 Å². The molecule has 0 aliphatic carbocycles. The van der Waals surface area contributed by atoms with Crippen LogP contribution in [0.4, 0.5) is 0 Å². The van der Waals surface area contributed by atoms with E-state index >= 15 is 0 Å². The number of rotatable bonds is 1. The summed E-state index contributed by atoms with van der Waals surface area (Å²) < 4.78 is 1.56. The number of hydrogen-bond acceptors (Lipinski definition) is 6. The van der Waals surface area contributed by atoms with Gasteiger partial charge in [-0.05, 0) is 6.92 Å². The molecule has 0 saturated heterocycles. The molecule has 102 valence electrons. The topological polar surface area (TPSA) is 121 Å². The first-order valence-electron chi connectivity index (χ1n) is 5.71. The van der Waals surface area contributed by atoms with Crippen LogP contribution in [0.15, 0.2) is 4.79 Å². The molecule has 2 aromatic heterocycles. The standard InChI is InChI=1S/C12H10N4O4/c1-4-13-8-9(16(4)2)11(19)7-6(10(8)18)12(20)15-5(3-17)14-7/h3,18-19H,1-2H3,(H,14,15,20). The van der Waals surface area contributed by atoms with Crippen molar-refractivity contribution in [3.63, 3.8) is 0 Å². The fourth-order valence-corrected chi connectivity index (χ4v) is 2.21. The van der Waals surface area contributed by atoms with Gasteiger partial charge in [0.2, 0.25) is 0 Å². The second-order valence-electron chi connectivity index (χ2n) is 4.41. The number of aryl methyl sites for hydroxylation is 2. The van der Waals surface area contributed by atoms with Crippen molar-refractivity contribution in [2.75, 3.05) is 0 Å². The van der Waals surface area contributed by atoms with Crippen LogP contribution >= 0.6 is 0 Å². The number of hydrogen-bond donors (Lipinski definition) is 3. The Balaban J connectivity index is 2.69. The molecule has 0 saturated carbocycles. The zero-order valence-electron chi connectivity index (χ0n) is 10.6. The Morgan fingerprint density at radius 3 is 2.55 bits per heavy atom. The first-order valence-corrected chi connectivity index (χ1v) is 5.71. The highest BCUT2D eigenvalue weighted by molar-refractivity contribution is 6.06. The number of imidazole rings is 1. The van der Waals surface area contributed by atoms with Crippen molar-refractivity contribution >= 4 is 28.2 Å². The quantitative estimate of drug-likeness (QED) is 0.434. The molecular weight excluding hydrogens is 264 g/mol. The highest BCUT2D eigenvalue weighted by Gasteiger charge is 2.22. The molecule has 2 heterocycles. The molecule has 0 atom stereocenters. The largest absolute Gasteiger partial charge is 0.505 e. The maximum atomic E-state index is 11.9. The summed E-state index contributed by atoms with van der Waals surface area (Å²) in [5, 5.41) is 20.3. The molecule has 3 N–H and O–H groups in total. The molecule has 0 radical (unpaired) electrons. The van der Waals surface area contributed by atoms with E-state index in [1.807, 2.05) is 0 Å². The van der Waals surface area contributed by atoms with E-state index in [4.69, 9.17) is 0 Å². The Kier molecular flexibility index (Phi) is 2.31. The molecule has 8 nitrogen and oxygen atoms in total. The summed E-state index contributed by atoms with van der Waals surface area (Å²) in [6, 6.07) is 0. The predicted molar refractivity (Wildman–Crippen MR) is 70.1 cm³/mol. The molecule has 0 bridgehead atoms. The van der Waals surface area contributed by atoms with E-state index in [2.05, 4.69) is 15.0 Å². The van der Waals surface area contributed by atoms with Gasteiger partial charge in [0.15, 0.2) is 23.6 Å². The Morgan fingerprint density at radius 2 is 1.90 bits per heavy atom. The molecule has 3 aromatic rings. The van der Waals surface area contributed by atoms with Crippen LogP contribution in [-0.4, -0.2) is 36.0 Å². The summed E-state index contributed by atoms with van der Waals surface area (Å²) in [7, 11) is 1.66. The lowest BCUT2D eigenvalue weighted by Gasteiger charge is -2.06. The van der Waals surface area contributed by atoms with Crippen molar-refractivity contribution in [1.29, 1.82) is 0 Å². The smallest absolute Gasteiger partial charge is 0.263 e. The zero-order valence-corrected chi connectivity index (χ0v) is 10.6. The fourth-order valence-electron chi connectivity index (χ4n) is 2.21. The number of aldehydes is 1. The van der Waals surface area contributed by atoms with Gasteiger partial charge in [-0.3, -0.25) is 9.59 Å². The Bertz CT molecular complexity index is 938. The number of nitrogens with one attached hydrogen (secondary N) is 1. The summed E-state index contributed by atoms with van der Waals surface area (Å²) in [4.78, 5) is 32.8. The normalized spacial score (nSPS) is 11.3. The molecular formula is C12H10N4O4. The Labute approximate surface area is 111 Å². The number of H-pyrrole nitrogens is 1. The number of phenolic OH excluding ortho intramolecular Hbond substituents is 2. The van der Waals surface area contributed by atoms with E-state index in [0.717, 1.165) is 0 Å². The molecule has 0 aliphatic heterocycles. The van der Waals surface area contributed by atoms with E-state index in [1.165, 1.54) is 0 Å². The van der Waals surface area contributed by atoms with Crippen LogP contribution in [0.5, 0.6) is 11.5 Å². The molecule has 0 aliphatic rings. The van der Waals surface area contributed by atoms with Crippen molar-refractivity contribution in [3.05, 3.63) is 22.0 Å². The maximum Gasteiger partial charge on any atom is 0.263 e. The van der Waals surface area contributed by atoms with Crippen molar-refractivity contribution in [1.82, 2.24) is 19.5 Å². The number of fused-ring (bicyclic) bond motifs is 2. The highest BCUT2D eigenvalue weighted by atomic mass is 16.3. The molecule has 0 spiro atoms. The van der Waals surface area contributed by atoms with E-state index in [9.17, 15) is 19.8 Å². The van der Waals surface area contributed by atoms with E-state index in [0.29, 0.717) is 12.1 Å². The van der Waals surface area contributed by atoms with Crippen molar-refractivity contribution in [3.8, 4) is 11.5 Å². The average molecular weight is 274 g/mol. The minimum absolute atomic E-state index is 0.112. The zero-order chi connectivity index (χ0) is 14.6. The summed E-state index contributed by atoms with van der Waals surface area (Å²) in [5.41, 5.74) is -0.484.